The zero-order valence-electron chi connectivity index (χ0n) is 24.3. The Hall–Kier alpha value is -4.83. The van der Waals surface area contributed by atoms with Gasteiger partial charge in [0.25, 0.3) is 5.91 Å². The molecule has 1 N–H and O–H groups in total. The van der Waals surface area contributed by atoms with E-state index in [9.17, 15) is 14.0 Å². The second kappa shape index (κ2) is 11.0. The summed E-state index contributed by atoms with van der Waals surface area (Å²) in [5, 5.41) is 10.6. The molecular weight excluding hydrogens is 577 g/mol. The Kier molecular flexibility index (Phi) is 7.01. The molecule has 7 rings (SSSR count). The number of carbonyl (C=O) groups excluding carboxylic acids is 2. The van der Waals surface area contributed by atoms with Crippen LogP contribution in [0.5, 0.6) is 5.75 Å². The van der Waals surface area contributed by atoms with E-state index in [0.29, 0.717) is 36.6 Å². The molecular formula is C34H30FN5O3S. The third-order valence-electron chi connectivity index (χ3n) is 8.14. The predicted molar refractivity (Wildman–Crippen MR) is 169 cm³/mol. The monoisotopic (exact) mass is 607 g/mol. The highest BCUT2D eigenvalue weighted by Crippen LogP contribution is 2.46. The fourth-order valence-electron chi connectivity index (χ4n) is 6.08. The van der Waals surface area contributed by atoms with Crippen molar-refractivity contribution in [2.24, 2.45) is 0 Å². The van der Waals surface area contributed by atoms with Gasteiger partial charge in [-0.1, -0.05) is 12.6 Å². The molecule has 0 bridgehead atoms. The topological polar surface area (TPSA) is 89.4 Å². The molecule has 1 unspecified atom stereocenters. The van der Waals surface area contributed by atoms with Gasteiger partial charge in [-0.2, -0.15) is 5.10 Å². The SMILES string of the molecule is C=CC(=O)N1CCC(n2cc(-c3nc(-c4ccc5c(c4)CNC5=O)c4ccsc4c3-c3ccc(F)cc3OC(C)C)cn2)C1. The first-order chi connectivity index (χ1) is 21.3. The van der Waals surface area contributed by atoms with Crippen molar-refractivity contribution in [3.05, 3.63) is 89.8 Å². The second-order valence-corrected chi connectivity index (χ2v) is 12.3. The van der Waals surface area contributed by atoms with E-state index in [2.05, 4.69) is 11.9 Å². The Balaban J connectivity index is 1.42. The number of hydrogen-bond acceptors (Lipinski definition) is 6. The molecule has 5 aromatic rings. The van der Waals surface area contributed by atoms with Crippen LogP contribution in [0.1, 0.15) is 42.2 Å². The summed E-state index contributed by atoms with van der Waals surface area (Å²) in [5.74, 6) is -0.101. The number of ether oxygens (including phenoxy) is 1. The average molecular weight is 608 g/mol. The molecule has 2 amide bonds. The highest BCUT2D eigenvalue weighted by Gasteiger charge is 2.29. The van der Waals surface area contributed by atoms with E-state index in [-0.39, 0.29) is 29.8 Å². The zero-order valence-corrected chi connectivity index (χ0v) is 25.2. The molecule has 1 fully saturated rings. The van der Waals surface area contributed by atoms with Crippen molar-refractivity contribution in [2.45, 2.75) is 39.0 Å². The van der Waals surface area contributed by atoms with Gasteiger partial charge in [-0.25, -0.2) is 9.37 Å². The van der Waals surface area contributed by atoms with E-state index < -0.39 is 0 Å². The Bertz CT molecular complexity index is 1960. The van der Waals surface area contributed by atoms with Gasteiger partial charge < -0.3 is 15.0 Å². The third kappa shape index (κ3) is 4.85. The number of benzene rings is 2. The van der Waals surface area contributed by atoms with E-state index in [1.54, 1.807) is 28.5 Å². The van der Waals surface area contributed by atoms with Crippen molar-refractivity contribution in [3.63, 3.8) is 0 Å². The largest absolute Gasteiger partial charge is 0.490 e. The fourth-order valence-corrected chi connectivity index (χ4v) is 7.04. The van der Waals surface area contributed by atoms with E-state index in [1.807, 2.05) is 54.4 Å². The van der Waals surface area contributed by atoms with Crippen LogP contribution in [0.3, 0.4) is 0 Å². The predicted octanol–water partition coefficient (Wildman–Crippen LogP) is 6.62. The summed E-state index contributed by atoms with van der Waals surface area (Å²) in [6.45, 7) is 9.11. The number of likely N-dealkylation sites (tertiary alicyclic amines) is 1. The van der Waals surface area contributed by atoms with Crippen molar-refractivity contribution >= 4 is 33.2 Å². The molecule has 2 aromatic carbocycles. The lowest BCUT2D eigenvalue weighted by atomic mass is 9.95. The van der Waals surface area contributed by atoms with Crippen LogP contribution in [0.25, 0.3) is 43.7 Å². The lowest BCUT2D eigenvalue weighted by molar-refractivity contribution is -0.125. The van der Waals surface area contributed by atoms with Crippen LogP contribution in [0.4, 0.5) is 4.39 Å². The van der Waals surface area contributed by atoms with E-state index in [4.69, 9.17) is 14.8 Å². The van der Waals surface area contributed by atoms with Crippen LogP contribution in [-0.2, 0) is 11.3 Å². The van der Waals surface area contributed by atoms with Crippen LogP contribution in [-0.4, -0.2) is 50.7 Å². The summed E-state index contributed by atoms with van der Waals surface area (Å²) < 4.78 is 23.6. The molecule has 1 atom stereocenters. The van der Waals surface area contributed by atoms with Gasteiger partial charge in [-0.3, -0.25) is 14.3 Å². The highest BCUT2D eigenvalue weighted by molar-refractivity contribution is 7.18. The second-order valence-electron chi connectivity index (χ2n) is 11.3. The molecule has 2 aliphatic rings. The summed E-state index contributed by atoms with van der Waals surface area (Å²) in [5.41, 5.74) is 6.35. The Labute approximate surface area is 257 Å². The maximum Gasteiger partial charge on any atom is 0.251 e. The number of aromatic nitrogens is 3. The minimum Gasteiger partial charge on any atom is -0.490 e. The number of pyridine rings is 1. The van der Waals surface area contributed by atoms with E-state index in [0.717, 1.165) is 50.0 Å². The number of rotatable bonds is 7. The number of nitrogens with one attached hydrogen (secondary N) is 1. The van der Waals surface area contributed by atoms with Gasteiger partial charge in [0.15, 0.2) is 0 Å². The molecule has 2 aliphatic heterocycles. The average Bonchev–Trinajstić information content (AvgIpc) is 3.83. The van der Waals surface area contributed by atoms with E-state index >= 15 is 0 Å². The van der Waals surface area contributed by atoms with Crippen LogP contribution >= 0.6 is 11.3 Å². The molecule has 8 nitrogen and oxygen atoms in total. The van der Waals surface area contributed by atoms with Crippen molar-refractivity contribution in [1.29, 1.82) is 0 Å². The van der Waals surface area contributed by atoms with Crippen molar-refractivity contribution in [3.8, 4) is 39.4 Å². The molecule has 0 saturated carbocycles. The van der Waals surface area contributed by atoms with Crippen LogP contribution in [0, 0.1) is 5.82 Å². The van der Waals surface area contributed by atoms with Crippen molar-refractivity contribution in [1.82, 2.24) is 25.0 Å². The molecule has 3 aromatic heterocycles. The standard InChI is InChI=1S/C34H30FN5O3S/c1-4-29(41)39-11-9-24(18-39)40-17-22(16-37-40)32-30(26-8-6-23(35)14-28(26)43-19(2)3)33-27(10-12-44-33)31(38-32)20-5-7-25-21(13-20)15-36-34(25)42/h4-8,10,12-14,16-17,19,24H,1,9,11,15,18H2,2-3H3,(H,36,42). The number of fused-ring (bicyclic) bond motifs is 2. The fraction of sp³-hybridized carbons (Fsp3) is 0.235. The van der Waals surface area contributed by atoms with Gasteiger partial charge >= 0.3 is 0 Å². The molecule has 44 heavy (non-hydrogen) atoms. The first-order valence-corrected chi connectivity index (χ1v) is 15.4. The Morgan fingerprint density at radius 3 is 2.82 bits per heavy atom. The first-order valence-electron chi connectivity index (χ1n) is 14.6. The number of hydrogen-bond donors (Lipinski definition) is 1. The minimum atomic E-state index is -0.382. The molecule has 1 saturated heterocycles. The number of carbonyl (C=O) groups is 2. The van der Waals surface area contributed by atoms with Gasteiger partial charge in [0.2, 0.25) is 5.91 Å². The lowest BCUT2D eigenvalue weighted by Crippen LogP contribution is -2.27. The highest BCUT2D eigenvalue weighted by atomic mass is 32.1. The van der Waals surface area contributed by atoms with Gasteiger partial charge in [0.05, 0.1) is 29.7 Å². The summed E-state index contributed by atoms with van der Waals surface area (Å²) in [7, 11) is 0. The van der Waals surface area contributed by atoms with Gasteiger partial charge in [-0.05, 0) is 67.6 Å². The maximum absolute atomic E-state index is 14.5. The normalized spacial score (nSPS) is 16.0. The van der Waals surface area contributed by atoms with Crippen molar-refractivity contribution in [2.75, 3.05) is 13.1 Å². The Morgan fingerprint density at radius 2 is 2.00 bits per heavy atom. The first kappa shape index (κ1) is 28.0. The third-order valence-corrected chi connectivity index (χ3v) is 9.08. The van der Waals surface area contributed by atoms with Crippen LogP contribution in [0.2, 0.25) is 0 Å². The van der Waals surface area contributed by atoms with Gasteiger partial charge in [-0.15, -0.1) is 11.3 Å². The van der Waals surface area contributed by atoms with Crippen molar-refractivity contribution < 1.29 is 18.7 Å². The summed E-state index contributed by atoms with van der Waals surface area (Å²) >= 11 is 1.59. The van der Waals surface area contributed by atoms with E-state index in [1.165, 1.54) is 18.2 Å². The number of nitrogens with zero attached hydrogens (tertiary/aromatic N) is 4. The summed E-state index contributed by atoms with van der Waals surface area (Å²) in [4.78, 5) is 31.5. The lowest BCUT2D eigenvalue weighted by Gasteiger charge is -2.18. The number of thiophene rings is 1. The molecule has 0 spiro atoms. The number of halogens is 1. The summed E-state index contributed by atoms with van der Waals surface area (Å²) in [6, 6.07) is 12.5. The number of amides is 2. The van der Waals surface area contributed by atoms with Crippen LogP contribution in [0.15, 0.2) is 72.9 Å². The molecule has 10 heteroatoms. The van der Waals surface area contributed by atoms with Crippen LogP contribution < -0.4 is 10.1 Å². The quantitative estimate of drug-likeness (QED) is 0.210. The summed E-state index contributed by atoms with van der Waals surface area (Å²) in [6.07, 6.45) is 5.72. The molecule has 222 valence electrons. The minimum absolute atomic E-state index is 0.0217. The van der Waals surface area contributed by atoms with Gasteiger partial charge in [0, 0.05) is 69.8 Å². The molecule has 0 radical (unpaired) electrons. The molecule has 5 heterocycles. The molecule has 0 aliphatic carbocycles. The maximum atomic E-state index is 14.5. The Morgan fingerprint density at radius 1 is 1.16 bits per heavy atom. The van der Waals surface area contributed by atoms with Gasteiger partial charge in [0.1, 0.15) is 11.6 Å². The zero-order chi connectivity index (χ0) is 30.5. The smallest absolute Gasteiger partial charge is 0.251 e.